The predicted octanol–water partition coefficient (Wildman–Crippen LogP) is 3.14. The smallest absolute Gasteiger partial charge is 0.345 e. The molecular weight excluding hydrogens is 256 g/mol. The molecule has 0 radical (unpaired) electrons. The number of hydrogen-bond donors (Lipinski definition) is 1. The van der Waals surface area contributed by atoms with Crippen molar-refractivity contribution in [3.8, 4) is 11.3 Å². The van der Waals surface area contributed by atoms with Gasteiger partial charge in [0, 0.05) is 5.56 Å². The summed E-state index contributed by atoms with van der Waals surface area (Å²) in [6.45, 7) is 6.16. The lowest BCUT2D eigenvalue weighted by molar-refractivity contribution is 0.0602. The van der Waals surface area contributed by atoms with Crippen molar-refractivity contribution in [2.24, 2.45) is 0 Å². The Morgan fingerprint density at radius 2 is 2.10 bits per heavy atom. The number of benzene rings is 1. The number of aryl methyl sites for hydroxylation is 1. The lowest BCUT2D eigenvalue weighted by Crippen LogP contribution is -2.05. The van der Waals surface area contributed by atoms with Crippen LogP contribution in [0.4, 0.5) is 5.88 Å². The molecule has 0 amide bonds. The summed E-state index contributed by atoms with van der Waals surface area (Å²) < 4.78 is 9.69. The van der Waals surface area contributed by atoms with Crippen LogP contribution in [0.3, 0.4) is 0 Å². The van der Waals surface area contributed by atoms with E-state index >= 15 is 0 Å². The van der Waals surface area contributed by atoms with Gasteiger partial charge < -0.3 is 15.0 Å². The van der Waals surface area contributed by atoms with E-state index in [2.05, 4.69) is 25.1 Å². The number of rotatable bonds is 3. The number of aromatic nitrogens is 1. The molecule has 0 spiro atoms. The molecule has 0 saturated carbocycles. The Hall–Kier alpha value is -2.30. The molecule has 0 atom stereocenters. The fraction of sp³-hybridized carbons (Fsp3) is 0.333. The van der Waals surface area contributed by atoms with Gasteiger partial charge in [0.25, 0.3) is 0 Å². The fourth-order valence-corrected chi connectivity index (χ4v) is 2.04. The van der Waals surface area contributed by atoms with Crippen LogP contribution in [0.25, 0.3) is 11.3 Å². The maximum absolute atomic E-state index is 11.8. The predicted molar refractivity (Wildman–Crippen MR) is 76.5 cm³/mol. The van der Waals surface area contributed by atoms with E-state index in [0.717, 1.165) is 16.7 Å². The van der Waals surface area contributed by atoms with Crippen molar-refractivity contribution < 1.29 is 14.1 Å². The van der Waals surface area contributed by atoms with Crippen LogP contribution < -0.4 is 5.73 Å². The quantitative estimate of drug-likeness (QED) is 0.870. The van der Waals surface area contributed by atoms with Gasteiger partial charge in [-0.3, -0.25) is 0 Å². The third-order valence-electron chi connectivity index (χ3n) is 3.29. The normalized spacial score (nSPS) is 10.8. The Balaban J connectivity index is 2.63. The van der Waals surface area contributed by atoms with E-state index in [9.17, 15) is 4.79 Å². The molecule has 0 aliphatic carbocycles. The van der Waals surface area contributed by atoms with Gasteiger partial charge in [0.15, 0.2) is 5.56 Å². The maximum atomic E-state index is 11.8. The highest BCUT2D eigenvalue weighted by Crippen LogP contribution is 2.32. The topological polar surface area (TPSA) is 78.3 Å². The van der Waals surface area contributed by atoms with E-state index in [-0.39, 0.29) is 11.4 Å². The van der Waals surface area contributed by atoms with Crippen molar-refractivity contribution >= 4 is 11.9 Å². The second-order valence-corrected chi connectivity index (χ2v) is 4.99. The minimum absolute atomic E-state index is 0.0267. The van der Waals surface area contributed by atoms with Crippen LogP contribution in [0.15, 0.2) is 22.7 Å². The fourth-order valence-electron chi connectivity index (χ4n) is 2.04. The van der Waals surface area contributed by atoms with Gasteiger partial charge in [-0.2, -0.15) is 0 Å². The van der Waals surface area contributed by atoms with Gasteiger partial charge in [-0.15, -0.1) is 0 Å². The Labute approximate surface area is 117 Å². The van der Waals surface area contributed by atoms with Gasteiger partial charge in [0.1, 0.15) is 5.69 Å². The first-order chi connectivity index (χ1) is 9.45. The van der Waals surface area contributed by atoms with E-state index in [4.69, 9.17) is 15.0 Å². The standard InChI is InChI=1S/C15H18N2O3/c1-8(2)10-6-5-9(3)11(7-10)13-12(15(18)19-4)14(16)20-17-13/h5-8H,16H2,1-4H3. The molecule has 2 N–H and O–H groups in total. The number of carbonyl (C=O) groups is 1. The SMILES string of the molecule is COC(=O)c1c(-c2cc(C(C)C)ccc2C)noc1N. The second-order valence-electron chi connectivity index (χ2n) is 4.99. The monoisotopic (exact) mass is 274 g/mol. The van der Waals surface area contributed by atoms with Gasteiger partial charge in [0.05, 0.1) is 7.11 Å². The third-order valence-corrected chi connectivity index (χ3v) is 3.29. The minimum atomic E-state index is -0.548. The molecule has 0 unspecified atom stereocenters. The highest BCUT2D eigenvalue weighted by molar-refractivity contribution is 6.00. The largest absolute Gasteiger partial charge is 0.465 e. The number of ether oxygens (including phenoxy) is 1. The Bertz CT molecular complexity index is 645. The minimum Gasteiger partial charge on any atom is -0.465 e. The average Bonchev–Trinajstić information content (AvgIpc) is 2.80. The summed E-state index contributed by atoms with van der Waals surface area (Å²) in [5.41, 5.74) is 9.26. The number of carbonyl (C=O) groups excluding carboxylic acids is 1. The zero-order valence-electron chi connectivity index (χ0n) is 12.1. The van der Waals surface area contributed by atoms with Crippen molar-refractivity contribution in [1.29, 1.82) is 0 Å². The molecule has 5 nitrogen and oxygen atoms in total. The number of anilines is 1. The van der Waals surface area contributed by atoms with Crippen LogP contribution in [0.1, 0.15) is 41.3 Å². The average molecular weight is 274 g/mol. The summed E-state index contributed by atoms with van der Waals surface area (Å²) in [4.78, 5) is 11.8. The number of nitrogen functional groups attached to an aromatic ring is 1. The Kier molecular flexibility index (Phi) is 3.79. The van der Waals surface area contributed by atoms with Crippen molar-refractivity contribution in [2.45, 2.75) is 26.7 Å². The van der Waals surface area contributed by atoms with Crippen LogP contribution in [-0.2, 0) is 4.74 Å². The highest BCUT2D eigenvalue weighted by Gasteiger charge is 2.24. The molecular formula is C15H18N2O3. The van der Waals surface area contributed by atoms with Crippen molar-refractivity contribution in [3.63, 3.8) is 0 Å². The Morgan fingerprint density at radius 1 is 1.40 bits per heavy atom. The summed E-state index contributed by atoms with van der Waals surface area (Å²) >= 11 is 0. The molecule has 106 valence electrons. The first kappa shape index (κ1) is 14.1. The first-order valence-electron chi connectivity index (χ1n) is 6.40. The molecule has 0 aliphatic rings. The number of esters is 1. The van der Waals surface area contributed by atoms with Crippen LogP contribution >= 0.6 is 0 Å². The number of methoxy groups -OCH3 is 1. The van der Waals surface area contributed by atoms with E-state index in [0.29, 0.717) is 11.6 Å². The van der Waals surface area contributed by atoms with E-state index in [1.54, 1.807) is 0 Å². The van der Waals surface area contributed by atoms with Gasteiger partial charge in [0.2, 0.25) is 5.88 Å². The number of nitrogens with zero attached hydrogens (tertiary/aromatic N) is 1. The second kappa shape index (κ2) is 5.36. The Morgan fingerprint density at radius 3 is 2.70 bits per heavy atom. The molecule has 0 fully saturated rings. The van der Waals surface area contributed by atoms with Crippen LogP contribution in [0.5, 0.6) is 0 Å². The van der Waals surface area contributed by atoms with Gasteiger partial charge >= 0.3 is 5.97 Å². The van der Waals surface area contributed by atoms with E-state index in [1.807, 2.05) is 19.1 Å². The van der Waals surface area contributed by atoms with Crippen LogP contribution in [0.2, 0.25) is 0 Å². The van der Waals surface area contributed by atoms with E-state index < -0.39 is 5.97 Å². The molecule has 1 aromatic carbocycles. The lowest BCUT2D eigenvalue weighted by atomic mass is 9.95. The van der Waals surface area contributed by atoms with Crippen molar-refractivity contribution in [2.75, 3.05) is 12.8 Å². The molecule has 5 heteroatoms. The molecule has 1 heterocycles. The van der Waals surface area contributed by atoms with Crippen molar-refractivity contribution in [3.05, 3.63) is 34.9 Å². The van der Waals surface area contributed by atoms with Crippen LogP contribution in [-0.4, -0.2) is 18.2 Å². The molecule has 2 rings (SSSR count). The van der Waals surface area contributed by atoms with Gasteiger partial charge in [-0.25, -0.2) is 4.79 Å². The molecule has 2 aromatic rings. The highest BCUT2D eigenvalue weighted by atomic mass is 16.5. The third kappa shape index (κ3) is 2.39. The maximum Gasteiger partial charge on any atom is 0.345 e. The molecule has 0 saturated heterocycles. The zero-order valence-corrected chi connectivity index (χ0v) is 12.1. The molecule has 0 aliphatic heterocycles. The summed E-state index contributed by atoms with van der Waals surface area (Å²) in [6, 6.07) is 6.06. The summed E-state index contributed by atoms with van der Waals surface area (Å²) in [7, 11) is 1.30. The molecule has 1 aromatic heterocycles. The first-order valence-corrected chi connectivity index (χ1v) is 6.40. The van der Waals surface area contributed by atoms with Gasteiger partial charge in [-0.1, -0.05) is 31.1 Å². The summed E-state index contributed by atoms with van der Waals surface area (Å²) in [5.74, 6) is -0.200. The molecule has 0 bridgehead atoms. The summed E-state index contributed by atoms with van der Waals surface area (Å²) in [6.07, 6.45) is 0. The molecule has 20 heavy (non-hydrogen) atoms. The summed E-state index contributed by atoms with van der Waals surface area (Å²) in [5, 5.41) is 3.92. The van der Waals surface area contributed by atoms with E-state index in [1.165, 1.54) is 7.11 Å². The number of hydrogen-bond acceptors (Lipinski definition) is 5. The van der Waals surface area contributed by atoms with Crippen LogP contribution in [0, 0.1) is 6.92 Å². The van der Waals surface area contributed by atoms with Gasteiger partial charge in [-0.05, 0) is 30.0 Å². The number of nitrogens with two attached hydrogens (primary N) is 1. The van der Waals surface area contributed by atoms with Crippen molar-refractivity contribution in [1.82, 2.24) is 5.16 Å². The zero-order chi connectivity index (χ0) is 14.9. The lowest BCUT2D eigenvalue weighted by Gasteiger charge is -2.10.